The second-order valence-corrected chi connectivity index (χ2v) is 8.30. The lowest BCUT2D eigenvalue weighted by atomic mass is 10.0. The third kappa shape index (κ3) is 7.01. The molecule has 1 fully saturated rings. The molecule has 2 N–H and O–H groups in total. The van der Waals surface area contributed by atoms with Gasteiger partial charge in [0.1, 0.15) is 17.0 Å². The molecule has 1 saturated heterocycles. The summed E-state index contributed by atoms with van der Waals surface area (Å²) in [7, 11) is 1.65. The van der Waals surface area contributed by atoms with Gasteiger partial charge in [-0.1, -0.05) is 6.42 Å². The molecule has 1 aromatic rings. The molecule has 2 heterocycles. The van der Waals surface area contributed by atoms with Gasteiger partial charge in [0.25, 0.3) is 0 Å². The SMILES string of the molecule is CCOC(=O)c1cnn(C)c1NC(=O)CN1CCCCC1CNC(=O)OC(C)(C)C. The molecule has 0 bridgehead atoms. The zero-order chi connectivity index (χ0) is 22.3. The summed E-state index contributed by atoms with van der Waals surface area (Å²) in [5.74, 6) is -0.481. The minimum absolute atomic E-state index is 0.0353. The van der Waals surface area contributed by atoms with Gasteiger partial charge in [-0.25, -0.2) is 9.59 Å². The maximum atomic E-state index is 12.7. The van der Waals surface area contributed by atoms with Crippen molar-refractivity contribution in [1.29, 1.82) is 0 Å². The van der Waals surface area contributed by atoms with Gasteiger partial charge >= 0.3 is 12.1 Å². The summed E-state index contributed by atoms with van der Waals surface area (Å²) < 4.78 is 11.7. The van der Waals surface area contributed by atoms with Crippen molar-refractivity contribution in [1.82, 2.24) is 20.0 Å². The molecule has 0 radical (unpaired) electrons. The minimum Gasteiger partial charge on any atom is -0.462 e. The van der Waals surface area contributed by atoms with Crippen LogP contribution in [0.25, 0.3) is 0 Å². The first-order valence-corrected chi connectivity index (χ1v) is 10.3. The van der Waals surface area contributed by atoms with E-state index in [1.165, 1.54) is 10.9 Å². The van der Waals surface area contributed by atoms with E-state index in [2.05, 4.69) is 15.7 Å². The van der Waals surface area contributed by atoms with E-state index in [1.54, 1.807) is 14.0 Å². The number of hydrogen-bond donors (Lipinski definition) is 2. The highest BCUT2D eigenvalue weighted by molar-refractivity contribution is 6.00. The van der Waals surface area contributed by atoms with Gasteiger partial charge in [-0.2, -0.15) is 5.10 Å². The summed E-state index contributed by atoms with van der Waals surface area (Å²) in [5, 5.41) is 9.60. The standard InChI is InChI=1S/C20H33N5O5/c1-6-29-18(27)15-12-22-24(5)17(15)23-16(26)13-25-10-8-7-9-14(25)11-21-19(28)30-20(2,3)4/h12,14H,6-11,13H2,1-5H3,(H,21,28)(H,23,26). The molecule has 2 rings (SSSR count). The zero-order valence-electron chi connectivity index (χ0n) is 18.5. The molecule has 1 atom stereocenters. The van der Waals surface area contributed by atoms with E-state index < -0.39 is 17.7 Å². The molecule has 1 aliphatic heterocycles. The van der Waals surface area contributed by atoms with Gasteiger partial charge in [-0.3, -0.25) is 14.4 Å². The van der Waals surface area contributed by atoms with Gasteiger partial charge in [0.15, 0.2) is 0 Å². The molecule has 10 heteroatoms. The Hall–Kier alpha value is -2.62. The summed E-state index contributed by atoms with van der Waals surface area (Å²) in [4.78, 5) is 38.7. The van der Waals surface area contributed by atoms with Crippen LogP contribution in [0.4, 0.5) is 10.6 Å². The number of piperidine rings is 1. The van der Waals surface area contributed by atoms with Crippen LogP contribution in [0.3, 0.4) is 0 Å². The number of carbonyl (C=O) groups excluding carboxylic acids is 3. The molecule has 168 valence electrons. The number of nitrogens with one attached hydrogen (secondary N) is 2. The van der Waals surface area contributed by atoms with E-state index in [-0.39, 0.29) is 30.7 Å². The van der Waals surface area contributed by atoms with Crippen LogP contribution in [0, 0.1) is 0 Å². The van der Waals surface area contributed by atoms with Crippen molar-refractivity contribution in [2.75, 3.05) is 31.6 Å². The lowest BCUT2D eigenvalue weighted by Gasteiger charge is -2.35. The van der Waals surface area contributed by atoms with E-state index in [9.17, 15) is 14.4 Å². The number of anilines is 1. The number of alkyl carbamates (subject to hydrolysis) is 1. The van der Waals surface area contributed by atoms with Crippen LogP contribution in [0.5, 0.6) is 0 Å². The second-order valence-electron chi connectivity index (χ2n) is 8.30. The van der Waals surface area contributed by atoms with Crippen molar-refractivity contribution in [3.05, 3.63) is 11.8 Å². The van der Waals surface area contributed by atoms with E-state index in [0.29, 0.717) is 12.4 Å². The summed E-state index contributed by atoms with van der Waals surface area (Å²) >= 11 is 0. The second kappa shape index (κ2) is 10.4. The van der Waals surface area contributed by atoms with E-state index in [1.807, 2.05) is 25.7 Å². The Morgan fingerprint density at radius 3 is 2.67 bits per heavy atom. The van der Waals surface area contributed by atoms with Crippen LogP contribution in [0.15, 0.2) is 6.20 Å². The Morgan fingerprint density at radius 1 is 1.27 bits per heavy atom. The third-order valence-corrected chi connectivity index (χ3v) is 4.67. The van der Waals surface area contributed by atoms with Crippen LogP contribution in [0.2, 0.25) is 0 Å². The average molecular weight is 424 g/mol. The lowest BCUT2D eigenvalue weighted by Crippen LogP contribution is -2.49. The monoisotopic (exact) mass is 423 g/mol. The van der Waals surface area contributed by atoms with Crippen LogP contribution in [-0.2, 0) is 21.3 Å². The molecular weight excluding hydrogens is 390 g/mol. The highest BCUT2D eigenvalue weighted by Crippen LogP contribution is 2.18. The van der Waals surface area contributed by atoms with E-state index in [0.717, 1.165) is 25.8 Å². The number of aromatic nitrogens is 2. The lowest BCUT2D eigenvalue weighted by molar-refractivity contribution is -0.118. The molecule has 0 aromatic carbocycles. The summed E-state index contributed by atoms with van der Waals surface area (Å²) in [6.45, 7) is 8.70. The van der Waals surface area contributed by atoms with Gasteiger partial charge in [-0.15, -0.1) is 0 Å². The van der Waals surface area contributed by atoms with Crippen LogP contribution in [-0.4, -0.2) is 70.5 Å². The molecule has 2 amide bonds. The van der Waals surface area contributed by atoms with Crippen molar-refractivity contribution >= 4 is 23.8 Å². The van der Waals surface area contributed by atoms with Crippen LogP contribution < -0.4 is 10.6 Å². The molecule has 0 spiro atoms. The Labute approximate surface area is 177 Å². The number of amides is 2. The predicted octanol–water partition coefficient (Wildman–Crippen LogP) is 1.91. The summed E-state index contributed by atoms with van der Waals surface area (Å²) in [6, 6.07) is 0.0353. The Balaban J connectivity index is 1.95. The Bertz CT molecular complexity index is 755. The molecule has 0 saturated carbocycles. The van der Waals surface area contributed by atoms with Crippen LogP contribution in [0.1, 0.15) is 57.3 Å². The maximum absolute atomic E-state index is 12.7. The molecule has 0 aliphatic carbocycles. The highest BCUT2D eigenvalue weighted by atomic mass is 16.6. The number of likely N-dealkylation sites (tertiary alicyclic amines) is 1. The maximum Gasteiger partial charge on any atom is 0.407 e. The van der Waals surface area contributed by atoms with Gasteiger partial charge in [0.05, 0.1) is 19.3 Å². The topological polar surface area (TPSA) is 115 Å². The fraction of sp³-hybridized carbons (Fsp3) is 0.700. The van der Waals surface area contributed by atoms with Crippen molar-refractivity contribution in [2.24, 2.45) is 7.05 Å². The normalized spacial score (nSPS) is 17.3. The number of carbonyl (C=O) groups is 3. The Kier molecular flexibility index (Phi) is 8.22. The number of esters is 1. The first-order valence-electron chi connectivity index (χ1n) is 10.3. The molecular formula is C20H33N5O5. The van der Waals surface area contributed by atoms with Gasteiger partial charge < -0.3 is 20.1 Å². The number of hydrogen-bond acceptors (Lipinski definition) is 7. The molecule has 1 aliphatic rings. The quantitative estimate of drug-likeness (QED) is 0.644. The van der Waals surface area contributed by atoms with Gasteiger partial charge in [0.2, 0.25) is 5.91 Å². The van der Waals surface area contributed by atoms with E-state index in [4.69, 9.17) is 9.47 Å². The fourth-order valence-corrected chi connectivity index (χ4v) is 3.31. The minimum atomic E-state index is -0.560. The number of nitrogens with zero attached hydrogens (tertiary/aromatic N) is 3. The van der Waals surface area contributed by atoms with Crippen molar-refractivity contribution in [3.8, 4) is 0 Å². The zero-order valence-corrected chi connectivity index (χ0v) is 18.5. The number of aryl methyl sites for hydroxylation is 1. The Morgan fingerprint density at radius 2 is 2.00 bits per heavy atom. The summed E-state index contributed by atoms with van der Waals surface area (Å²) in [5.41, 5.74) is -0.342. The first kappa shape index (κ1) is 23.7. The molecule has 10 nitrogen and oxygen atoms in total. The average Bonchev–Trinajstić information content (AvgIpc) is 3.00. The summed E-state index contributed by atoms with van der Waals surface area (Å²) in [6.07, 6.45) is 3.81. The number of rotatable bonds is 7. The molecule has 1 unspecified atom stereocenters. The van der Waals surface area contributed by atoms with Gasteiger partial charge in [0, 0.05) is 19.6 Å². The molecule has 1 aromatic heterocycles. The fourth-order valence-electron chi connectivity index (χ4n) is 3.31. The van der Waals surface area contributed by atoms with Crippen molar-refractivity contribution in [2.45, 2.75) is 58.6 Å². The predicted molar refractivity (Wildman–Crippen MR) is 111 cm³/mol. The first-order chi connectivity index (χ1) is 14.1. The van der Waals surface area contributed by atoms with Crippen molar-refractivity contribution in [3.63, 3.8) is 0 Å². The smallest absolute Gasteiger partial charge is 0.407 e. The molecule has 30 heavy (non-hydrogen) atoms. The largest absolute Gasteiger partial charge is 0.462 e. The van der Waals surface area contributed by atoms with E-state index >= 15 is 0 Å². The third-order valence-electron chi connectivity index (χ3n) is 4.67. The number of ether oxygens (including phenoxy) is 2. The van der Waals surface area contributed by atoms with Gasteiger partial charge in [-0.05, 0) is 47.1 Å². The van der Waals surface area contributed by atoms with Crippen LogP contribution >= 0.6 is 0 Å². The highest BCUT2D eigenvalue weighted by Gasteiger charge is 2.27. The van der Waals surface area contributed by atoms with Crippen molar-refractivity contribution < 1.29 is 23.9 Å².